The lowest BCUT2D eigenvalue weighted by atomic mass is 9.92. The Morgan fingerprint density at radius 3 is 2.51 bits per heavy atom. The van der Waals surface area contributed by atoms with E-state index in [1.54, 1.807) is 19.1 Å². The predicted octanol–water partition coefficient (Wildman–Crippen LogP) is 4.96. The van der Waals surface area contributed by atoms with Crippen molar-refractivity contribution in [2.24, 2.45) is 0 Å². The lowest BCUT2D eigenvalue weighted by molar-refractivity contribution is 0.302. The number of nitrogens with zero attached hydrogens (tertiary/aromatic N) is 5. The van der Waals surface area contributed by atoms with Gasteiger partial charge in [-0.3, -0.25) is 5.10 Å². The first-order valence-electron chi connectivity index (χ1n) is 12.2. The molecule has 3 N–H and O–H groups in total. The van der Waals surface area contributed by atoms with Gasteiger partial charge in [-0.2, -0.15) is 15.1 Å². The minimum absolute atomic E-state index is 0.0895. The molecule has 0 aromatic carbocycles. The fourth-order valence-corrected chi connectivity index (χ4v) is 3.89. The summed E-state index contributed by atoms with van der Waals surface area (Å²) in [7, 11) is 2.07. The number of H-pyrrole nitrogens is 2. The second kappa shape index (κ2) is 10.7. The van der Waals surface area contributed by atoms with Crippen LogP contribution < -0.4 is 15.0 Å². The van der Waals surface area contributed by atoms with Crippen LogP contribution in [-0.4, -0.2) is 69.9 Å². The largest absolute Gasteiger partial charge is 0.470 e. The van der Waals surface area contributed by atoms with E-state index in [9.17, 15) is 8.78 Å². The van der Waals surface area contributed by atoms with Crippen molar-refractivity contribution in [2.75, 3.05) is 50.1 Å². The molecular formula is C26H34F2N8O. The Bertz CT molecular complexity index is 1280. The average molecular weight is 513 g/mol. The first-order chi connectivity index (χ1) is 17.5. The summed E-state index contributed by atoms with van der Waals surface area (Å²) in [5.41, 5.74) is 2.09. The van der Waals surface area contributed by atoms with Gasteiger partial charge in [0.05, 0.1) is 5.69 Å². The molecule has 4 rings (SSSR count). The van der Waals surface area contributed by atoms with Crippen LogP contribution in [0.2, 0.25) is 0 Å². The average Bonchev–Trinajstić information content (AvgIpc) is 3.44. The predicted molar refractivity (Wildman–Crippen MR) is 143 cm³/mol. The molecule has 9 nitrogen and oxygen atoms in total. The van der Waals surface area contributed by atoms with Gasteiger partial charge in [0.1, 0.15) is 24.1 Å². The number of aryl methyl sites for hydroxylation is 1. The van der Waals surface area contributed by atoms with Crippen LogP contribution in [0.3, 0.4) is 0 Å². The van der Waals surface area contributed by atoms with Crippen LogP contribution in [0.4, 0.5) is 26.4 Å². The van der Waals surface area contributed by atoms with E-state index < -0.39 is 11.7 Å². The molecular weight excluding hydrogens is 478 g/mol. The van der Waals surface area contributed by atoms with Crippen LogP contribution >= 0.6 is 0 Å². The molecule has 198 valence electrons. The monoisotopic (exact) mass is 512 g/mol. The van der Waals surface area contributed by atoms with Gasteiger partial charge in [-0.1, -0.05) is 27.4 Å². The zero-order chi connectivity index (χ0) is 26.7. The van der Waals surface area contributed by atoms with E-state index in [1.165, 1.54) is 6.08 Å². The molecule has 0 bridgehead atoms. The van der Waals surface area contributed by atoms with Crippen molar-refractivity contribution >= 4 is 29.5 Å². The number of piperazine rings is 1. The normalized spacial score (nSPS) is 15.2. The van der Waals surface area contributed by atoms with E-state index in [4.69, 9.17) is 4.74 Å². The first kappa shape index (κ1) is 26.3. The minimum Gasteiger partial charge on any atom is -0.470 e. The third kappa shape index (κ3) is 6.73. The van der Waals surface area contributed by atoms with Crippen molar-refractivity contribution in [3.8, 4) is 5.88 Å². The zero-order valence-electron chi connectivity index (χ0n) is 22.0. The number of aromatic amines is 2. The maximum atomic E-state index is 14.8. The maximum absolute atomic E-state index is 14.8. The third-order valence-corrected chi connectivity index (χ3v) is 6.05. The second-order valence-corrected chi connectivity index (χ2v) is 10.3. The molecule has 1 aliphatic heterocycles. The number of halogens is 2. The van der Waals surface area contributed by atoms with Gasteiger partial charge in [0.25, 0.3) is 0 Å². The Balaban J connectivity index is 1.56. The van der Waals surface area contributed by atoms with E-state index in [-0.39, 0.29) is 23.5 Å². The zero-order valence-corrected chi connectivity index (χ0v) is 22.0. The molecule has 0 spiro atoms. The van der Waals surface area contributed by atoms with Crippen molar-refractivity contribution in [3.05, 3.63) is 53.3 Å². The standard InChI is InChI=1S/C26H34F2N8O/c1-16-11-19(17(2)27)20(29-16)12-18(28)15-37-24-14-22(30-23-13-21(33-34-23)26(3,4)5)31-25(32-24)36-9-7-35(6)8-10-36/h11-14,29H,2,7-10,15H2,1,3-6H3,(H2,30,31,32,33,34)/b18-12+. The number of ether oxygens (including phenoxy) is 1. The molecule has 4 heterocycles. The van der Waals surface area contributed by atoms with Gasteiger partial charge in [0.2, 0.25) is 11.8 Å². The molecule has 0 unspecified atom stereocenters. The quantitative estimate of drug-likeness (QED) is 0.393. The molecule has 1 aliphatic rings. The molecule has 1 saturated heterocycles. The number of rotatable bonds is 8. The highest BCUT2D eigenvalue weighted by atomic mass is 19.1. The molecule has 37 heavy (non-hydrogen) atoms. The Morgan fingerprint density at radius 2 is 1.86 bits per heavy atom. The molecule has 3 aromatic rings. The second-order valence-electron chi connectivity index (χ2n) is 10.3. The van der Waals surface area contributed by atoms with Gasteiger partial charge in [0, 0.05) is 60.7 Å². The van der Waals surface area contributed by atoms with Crippen molar-refractivity contribution in [3.63, 3.8) is 0 Å². The molecule has 3 aromatic heterocycles. The summed E-state index contributed by atoms with van der Waals surface area (Å²) in [6, 6.07) is 5.11. The van der Waals surface area contributed by atoms with Gasteiger partial charge in [-0.05, 0) is 26.1 Å². The van der Waals surface area contributed by atoms with Crippen molar-refractivity contribution < 1.29 is 13.5 Å². The van der Waals surface area contributed by atoms with Crippen LogP contribution in [0.1, 0.15) is 43.4 Å². The number of nitrogens with one attached hydrogen (secondary N) is 3. The number of aromatic nitrogens is 5. The topological polar surface area (TPSA) is 98.0 Å². The Hall–Kier alpha value is -3.73. The number of likely N-dealkylation sites (N-methyl/N-ethyl adjacent to an activating group) is 1. The van der Waals surface area contributed by atoms with Gasteiger partial charge in [-0.15, -0.1) is 0 Å². The van der Waals surface area contributed by atoms with E-state index in [2.05, 4.69) is 74.7 Å². The molecule has 1 fully saturated rings. The lowest BCUT2D eigenvalue weighted by Gasteiger charge is -2.32. The van der Waals surface area contributed by atoms with E-state index >= 15 is 0 Å². The summed E-state index contributed by atoms with van der Waals surface area (Å²) < 4.78 is 34.2. The molecule has 11 heteroatoms. The lowest BCUT2D eigenvalue weighted by Crippen LogP contribution is -2.45. The number of anilines is 3. The summed E-state index contributed by atoms with van der Waals surface area (Å²) in [5.74, 6) is 0.540. The summed E-state index contributed by atoms with van der Waals surface area (Å²) in [6.45, 7) is 14.2. The summed E-state index contributed by atoms with van der Waals surface area (Å²) >= 11 is 0. The van der Waals surface area contributed by atoms with E-state index in [0.29, 0.717) is 29.0 Å². The Morgan fingerprint density at radius 1 is 1.14 bits per heavy atom. The summed E-state index contributed by atoms with van der Waals surface area (Å²) in [4.78, 5) is 16.4. The third-order valence-electron chi connectivity index (χ3n) is 6.05. The van der Waals surface area contributed by atoms with E-state index in [0.717, 1.165) is 31.9 Å². The molecule has 0 saturated carbocycles. The summed E-state index contributed by atoms with van der Waals surface area (Å²) in [6.07, 6.45) is 1.20. The molecule has 0 atom stereocenters. The molecule has 0 aliphatic carbocycles. The number of hydrogen-bond donors (Lipinski definition) is 3. The smallest absolute Gasteiger partial charge is 0.230 e. The van der Waals surface area contributed by atoms with Crippen LogP contribution in [0.25, 0.3) is 11.9 Å². The molecule has 0 radical (unpaired) electrons. The van der Waals surface area contributed by atoms with E-state index in [1.807, 2.05) is 6.07 Å². The highest BCUT2D eigenvalue weighted by Gasteiger charge is 2.20. The SMILES string of the molecule is C=C(F)c1cc(C)[nH]c1/C=C(/F)COc1cc(Nc2cc(C(C)(C)C)[nH]n2)nc(N2CCN(C)CC2)n1. The fraction of sp³-hybridized carbons (Fsp3) is 0.423. The highest BCUT2D eigenvalue weighted by molar-refractivity contribution is 5.68. The Kier molecular flexibility index (Phi) is 7.63. The van der Waals surface area contributed by atoms with Gasteiger partial charge in [0.15, 0.2) is 5.82 Å². The number of hydrogen-bond acceptors (Lipinski definition) is 7. The van der Waals surface area contributed by atoms with Crippen LogP contribution in [0.5, 0.6) is 5.88 Å². The van der Waals surface area contributed by atoms with Crippen molar-refractivity contribution in [1.29, 1.82) is 0 Å². The minimum atomic E-state index is -0.638. The summed E-state index contributed by atoms with van der Waals surface area (Å²) in [5, 5.41) is 10.6. The van der Waals surface area contributed by atoms with Crippen LogP contribution in [0, 0.1) is 6.92 Å². The maximum Gasteiger partial charge on any atom is 0.230 e. The fourth-order valence-electron chi connectivity index (χ4n) is 3.89. The highest BCUT2D eigenvalue weighted by Crippen LogP contribution is 2.27. The van der Waals surface area contributed by atoms with Gasteiger partial charge < -0.3 is 24.8 Å². The van der Waals surface area contributed by atoms with Gasteiger partial charge in [-0.25, -0.2) is 8.78 Å². The molecule has 0 amide bonds. The Labute approximate surface area is 215 Å². The van der Waals surface area contributed by atoms with Crippen molar-refractivity contribution in [1.82, 2.24) is 30.0 Å². The first-order valence-corrected chi connectivity index (χ1v) is 12.2. The van der Waals surface area contributed by atoms with Crippen LogP contribution in [0.15, 0.2) is 30.6 Å². The van der Waals surface area contributed by atoms with Crippen molar-refractivity contribution in [2.45, 2.75) is 33.1 Å². The van der Waals surface area contributed by atoms with Gasteiger partial charge >= 0.3 is 0 Å². The van der Waals surface area contributed by atoms with Crippen LogP contribution in [-0.2, 0) is 5.41 Å².